The number of benzene rings is 3. The molecule has 0 bridgehead atoms. The fraction of sp³-hybridized carbons (Fsp3) is 0.280. The molecule has 9 heteroatoms. The van der Waals surface area contributed by atoms with E-state index in [1.165, 1.54) is 0 Å². The first-order chi connectivity index (χ1) is 16.6. The van der Waals surface area contributed by atoms with E-state index < -0.39 is 6.10 Å². The number of hydrogen-bond donors (Lipinski definition) is 2. The van der Waals surface area contributed by atoms with Crippen LogP contribution in [0.5, 0.6) is 34.5 Å². The van der Waals surface area contributed by atoms with Crippen LogP contribution in [0.3, 0.4) is 0 Å². The first-order valence-corrected chi connectivity index (χ1v) is 11.6. The lowest BCUT2D eigenvalue weighted by Gasteiger charge is -2.17. The molecule has 3 aromatic rings. The van der Waals surface area contributed by atoms with Gasteiger partial charge in [-0.3, -0.25) is 0 Å². The monoisotopic (exact) mass is 529 g/mol. The number of ether oxygens (including phenoxy) is 6. The van der Waals surface area contributed by atoms with E-state index in [4.69, 9.17) is 28.4 Å². The van der Waals surface area contributed by atoms with Gasteiger partial charge in [0.2, 0.25) is 13.6 Å². The van der Waals surface area contributed by atoms with Gasteiger partial charge in [0.1, 0.15) is 12.7 Å². The van der Waals surface area contributed by atoms with Crippen molar-refractivity contribution in [1.29, 1.82) is 0 Å². The number of rotatable bonds is 9. The van der Waals surface area contributed by atoms with Crippen molar-refractivity contribution < 1.29 is 33.5 Å². The Balaban J connectivity index is 1.20. The fourth-order valence-electron chi connectivity index (χ4n) is 3.80. The molecule has 1 atom stereocenters. The second kappa shape index (κ2) is 10.0. The SMILES string of the molecule is COc1cc(CNCc2ccc3c(c2)OCO3)cc(Br)c1OCC(O)c1ccc2c(c1)OCO2. The summed E-state index contributed by atoms with van der Waals surface area (Å²) >= 11 is 3.58. The number of methoxy groups -OCH3 is 1. The Labute approximate surface area is 205 Å². The van der Waals surface area contributed by atoms with Crippen molar-refractivity contribution in [2.45, 2.75) is 19.2 Å². The zero-order valence-corrected chi connectivity index (χ0v) is 20.1. The molecule has 0 aliphatic carbocycles. The average Bonchev–Trinajstić information content (AvgIpc) is 3.51. The Morgan fingerprint density at radius 3 is 2.32 bits per heavy atom. The Morgan fingerprint density at radius 1 is 0.882 bits per heavy atom. The molecule has 34 heavy (non-hydrogen) atoms. The van der Waals surface area contributed by atoms with Crippen molar-refractivity contribution in [3.63, 3.8) is 0 Å². The lowest BCUT2D eigenvalue weighted by molar-refractivity contribution is 0.105. The van der Waals surface area contributed by atoms with Crippen molar-refractivity contribution in [2.24, 2.45) is 0 Å². The Bertz CT molecular complexity index is 1190. The third kappa shape index (κ3) is 4.86. The molecule has 0 spiro atoms. The average molecular weight is 530 g/mol. The zero-order chi connectivity index (χ0) is 23.5. The minimum atomic E-state index is -0.839. The molecule has 0 saturated heterocycles. The van der Waals surface area contributed by atoms with Crippen LogP contribution in [-0.4, -0.2) is 32.4 Å². The van der Waals surface area contributed by atoms with E-state index in [9.17, 15) is 5.11 Å². The summed E-state index contributed by atoms with van der Waals surface area (Å²) in [7, 11) is 1.59. The van der Waals surface area contributed by atoms with Gasteiger partial charge in [0, 0.05) is 13.1 Å². The van der Waals surface area contributed by atoms with Crippen LogP contribution in [0.25, 0.3) is 0 Å². The fourth-order valence-corrected chi connectivity index (χ4v) is 4.40. The minimum absolute atomic E-state index is 0.0519. The van der Waals surface area contributed by atoms with Crippen LogP contribution in [0.4, 0.5) is 0 Å². The van der Waals surface area contributed by atoms with E-state index in [1.54, 1.807) is 25.3 Å². The van der Waals surface area contributed by atoms with Crippen molar-refractivity contribution in [1.82, 2.24) is 5.32 Å². The van der Waals surface area contributed by atoms with Crippen LogP contribution in [-0.2, 0) is 13.1 Å². The predicted molar refractivity (Wildman–Crippen MR) is 127 cm³/mol. The van der Waals surface area contributed by atoms with Gasteiger partial charge in [0.05, 0.1) is 11.6 Å². The van der Waals surface area contributed by atoms with Gasteiger partial charge in [-0.2, -0.15) is 0 Å². The summed E-state index contributed by atoms with van der Waals surface area (Å²) in [5.74, 6) is 3.94. The van der Waals surface area contributed by atoms with Crippen molar-refractivity contribution in [2.75, 3.05) is 27.3 Å². The van der Waals surface area contributed by atoms with Crippen LogP contribution in [0.2, 0.25) is 0 Å². The summed E-state index contributed by atoms with van der Waals surface area (Å²) in [6.45, 7) is 1.81. The van der Waals surface area contributed by atoms with Crippen LogP contribution in [0, 0.1) is 0 Å². The van der Waals surface area contributed by atoms with Gasteiger partial charge >= 0.3 is 0 Å². The third-order valence-electron chi connectivity index (χ3n) is 5.55. The second-order valence-electron chi connectivity index (χ2n) is 7.84. The maximum absolute atomic E-state index is 10.6. The molecule has 3 aromatic carbocycles. The summed E-state index contributed by atoms with van der Waals surface area (Å²) in [6.07, 6.45) is -0.839. The minimum Gasteiger partial charge on any atom is -0.493 e. The molecule has 1 unspecified atom stereocenters. The molecule has 178 valence electrons. The number of hydrogen-bond acceptors (Lipinski definition) is 8. The van der Waals surface area contributed by atoms with E-state index in [2.05, 4.69) is 21.2 Å². The van der Waals surface area contributed by atoms with Gasteiger partial charge in [0.25, 0.3) is 0 Å². The molecule has 2 heterocycles. The number of nitrogens with one attached hydrogen (secondary N) is 1. The second-order valence-corrected chi connectivity index (χ2v) is 8.69. The van der Waals surface area contributed by atoms with Crippen LogP contribution in [0.15, 0.2) is 53.0 Å². The highest BCUT2D eigenvalue weighted by atomic mass is 79.9. The van der Waals surface area contributed by atoms with Gasteiger partial charge in [-0.05, 0) is 69.0 Å². The molecule has 2 aliphatic heterocycles. The topological polar surface area (TPSA) is 87.6 Å². The van der Waals surface area contributed by atoms with Gasteiger partial charge in [-0.1, -0.05) is 12.1 Å². The zero-order valence-electron chi connectivity index (χ0n) is 18.5. The van der Waals surface area contributed by atoms with Gasteiger partial charge in [0.15, 0.2) is 34.5 Å². The Kier molecular flexibility index (Phi) is 6.66. The number of halogens is 1. The molecule has 2 N–H and O–H groups in total. The van der Waals surface area contributed by atoms with E-state index >= 15 is 0 Å². The van der Waals surface area contributed by atoms with Gasteiger partial charge in [-0.25, -0.2) is 0 Å². The smallest absolute Gasteiger partial charge is 0.231 e. The maximum Gasteiger partial charge on any atom is 0.231 e. The molecule has 0 aromatic heterocycles. The van der Waals surface area contributed by atoms with E-state index in [0.29, 0.717) is 41.7 Å². The quantitative estimate of drug-likeness (QED) is 0.423. The van der Waals surface area contributed by atoms with E-state index in [-0.39, 0.29) is 20.2 Å². The first-order valence-electron chi connectivity index (χ1n) is 10.8. The van der Waals surface area contributed by atoms with Crippen LogP contribution >= 0.6 is 15.9 Å². The van der Waals surface area contributed by atoms with Crippen LogP contribution < -0.4 is 33.7 Å². The number of fused-ring (bicyclic) bond motifs is 2. The van der Waals surface area contributed by atoms with Crippen LogP contribution in [0.1, 0.15) is 22.8 Å². The summed E-state index contributed by atoms with van der Waals surface area (Å²) in [6, 6.07) is 15.1. The standard InChI is InChI=1S/C25H24BrNO7/c1-29-24-8-16(11-27-10-15-2-4-20-22(7-15)33-13-31-20)6-18(26)25(24)30-12-19(28)17-3-5-21-23(9-17)34-14-32-21/h2-9,19,27-28H,10-14H2,1H3. The Hall–Kier alpha value is -3.14. The molecule has 0 fully saturated rings. The lowest BCUT2D eigenvalue weighted by atomic mass is 10.1. The lowest BCUT2D eigenvalue weighted by Crippen LogP contribution is -2.13. The highest BCUT2D eigenvalue weighted by Crippen LogP contribution is 2.38. The predicted octanol–water partition coefficient (Wildman–Crippen LogP) is 4.32. The molecule has 8 nitrogen and oxygen atoms in total. The summed E-state index contributed by atoms with van der Waals surface area (Å²) in [5, 5.41) is 14.0. The molecular formula is C25H24BrNO7. The molecule has 0 amide bonds. The summed E-state index contributed by atoms with van der Waals surface area (Å²) in [5.41, 5.74) is 2.81. The number of aliphatic hydroxyl groups excluding tert-OH is 1. The molecule has 2 aliphatic rings. The molecular weight excluding hydrogens is 506 g/mol. The first kappa shape index (κ1) is 22.6. The molecule has 0 radical (unpaired) electrons. The molecule has 0 saturated carbocycles. The Morgan fingerprint density at radius 2 is 1.56 bits per heavy atom. The van der Waals surface area contributed by atoms with E-state index in [0.717, 1.165) is 27.1 Å². The van der Waals surface area contributed by atoms with Gasteiger partial charge in [-0.15, -0.1) is 0 Å². The van der Waals surface area contributed by atoms with Crippen molar-refractivity contribution in [3.8, 4) is 34.5 Å². The molecule has 5 rings (SSSR count). The largest absolute Gasteiger partial charge is 0.493 e. The van der Waals surface area contributed by atoms with Crippen molar-refractivity contribution >= 4 is 15.9 Å². The summed E-state index contributed by atoms with van der Waals surface area (Å²) < 4.78 is 33.7. The highest BCUT2D eigenvalue weighted by Gasteiger charge is 2.19. The maximum atomic E-state index is 10.6. The summed E-state index contributed by atoms with van der Waals surface area (Å²) in [4.78, 5) is 0. The van der Waals surface area contributed by atoms with Crippen molar-refractivity contribution in [3.05, 3.63) is 69.7 Å². The number of aliphatic hydroxyl groups is 1. The normalized spacial score (nSPS) is 14.2. The third-order valence-corrected chi connectivity index (χ3v) is 6.14. The van der Waals surface area contributed by atoms with E-state index in [1.807, 2.05) is 30.3 Å². The van der Waals surface area contributed by atoms with Gasteiger partial charge < -0.3 is 38.8 Å². The highest BCUT2D eigenvalue weighted by molar-refractivity contribution is 9.10.